The Kier molecular flexibility index (Phi) is 7.21. The number of hydrogen-bond donors (Lipinski definition) is 2. The topological polar surface area (TPSA) is 56.8 Å². The van der Waals surface area contributed by atoms with Gasteiger partial charge in [0.1, 0.15) is 5.75 Å². The fraction of sp³-hybridized carbons (Fsp3) is 0.458. The summed E-state index contributed by atoms with van der Waals surface area (Å²) in [5.74, 6) is 0.881. The third kappa shape index (κ3) is 6.13. The Bertz CT molecular complexity index is 805. The van der Waals surface area contributed by atoms with Crippen molar-refractivity contribution in [1.82, 2.24) is 10.2 Å². The van der Waals surface area contributed by atoms with E-state index in [2.05, 4.69) is 65.5 Å². The third-order valence-corrected chi connectivity index (χ3v) is 5.53. The minimum absolute atomic E-state index is 0.109. The molecule has 3 rings (SSSR count). The molecule has 0 aromatic heterocycles. The second kappa shape index (κ2) is 9.85. The molecule has 6 heteroatoms. The summed E-state index contributed by atoms with van der Waals surface area (Å²) >= 11 is 0. The number of ether oxygens (including phenoxy) is 1. The summed E-state index contributed by atoms with van der Waals surface area (Å²) in [5.41, 5.74) is 3.40. The number of rotatable bonds is 6. The van der Waals surface area contributed by atoms with Crippen molar-refractivity contribution in [2.45, 2.75) is 26.2 Å². The molecule has 2 amide bonds. The maximum atomic E-state index is 12.2. The lowest BCUT2D eigenvalue weighted by Crippen LogP contribution is -2.48. The van der Waals surface area contributed by atoms with Crippen LogP contribution in [0, 0.1) is 0 Å². The molecule has 1 heterocycles. The number of hydrogen-bond acceptors (Lipinski definition) is 4. The average Bonchev–Trinajstić information content (AvgIpc) is 2.74. The highest BCUT2D eigenvalue weighted by Gasteiger charge is 2.17. The van der Waals surface area contributed by atoms with Gasteiger partial charge in [0.05, 0.1) is 7.11 Å². The predicted octanol–water partition coefficient (Wildman–Crippen LogP) is 3.94. The highest BCUT2D eigenvalue weighted by molar-refractivity contribution is 5.89. The number of nitrogens with zero attached hydrogens (tertiary/aromatic N) is 2. The molecule has 1 saturated heterocycles. The zero-order valence-corrected chi connectivity index (χ0v) is 18.6. The summed E-state index contributed by atoms with van der Waals surface area (Å²) in [6.07, 6.45) is 0. The van der Waals surface area contributed by atoms with Crippen molar-refractivity contribution in [3.8, 4) is 5.75 Å². The number of carbonyl (C=O) groups is 1. The second-order valence-corrected chi connectivity index (χ2v) is 8.73. The van der Waals surface area contributed by atoms with E-state index in [1.807, 2.05) is 24.3 Å². The molecule has 0 radical (unpaired) electrons. The SMILES string of the molecule is COc1ccc(N2CCN(CCNC(=O)Nc3ccc(C(C)(C)C)cc3)CC2)cc1. The highest BCUT2D eigenvalue weighted by atomic mass is 16.5. The van der Waals surface area contributed by atoms with Crippen molar-refractivity contribution in [2.75, 3.05) is 56.6 Å². The number of anilines is 2. The van der Waals surface area contributed by atoms with E-state index < -0.39 is 0 Å². The van der Waals surface area contributed by atoms with Crippen LogP contribution in [0.2, 0.25) is 0 Å². The molecular formula is C24H34N4O2. The summed E-state index contributed by atoms with van der Waals surface area (Å²) in [6, 6.07) is 16.1. The van der Waals surface area contributed by atoms with Crippen molar-refractivity contribution in [2.24, 2.45) is 0 Å². The quantitative estimate of drug-likeness (QED) is 0.757. The van der Waals surface area contributed by atoms with Crippen LogP contribution in [0.25, 0.3) is 0 Å². The minimum atomic E-state index is -0.157. The summed E-state index contributed by atoms with van der Waals surface area (Å²) in [4.78, 5) is 16.9. The second-order valence-electron chi connectivity index (χ2n) is 8.73. The van der Waals surface area contributed by atoms with Gasteiger partial charge in [-0.3, -0.25) is 4.90 Å². The van der Waals surface area contributed by atoms with Crippen molar-refractivity contribution < 1.29 is 9.53 Å². The molecule has 0 saturated carbocycles. The van der Waals surface area contributed by atoms with Crippen LogP contribution >= 0.6 is 0 Å². The first-order valence-electron chi connectivity index (χ1n) is 10.6. The number of amides is 2. The maximum absolute atomic E-state index is 12.2. The third-order valence-electron chi connectivity index (χ3n) is 5.53. The van der Waals surface area contributed by atoms with Gasteiger partial charge in [-0.2, -0.15) is 0 Å². The number of urea groups is 1. The Morgan fingerprint density at radius 3 is 2.17 bits per heavy atom. The smallest absolute Gasteiger partial charge is 0.319 e. The monoisotopic (exact) mass is 410 g/mol. The van der Waals surface area contributed by atoms with Gasteiger partial charge in [-0.1, -0.05) is 32.9 Å². The standard InChI is InChI=1S/C24H34N4O2/c1-24(2,3)19-5-7-20(8-6-19)26-23(29)25-13-14-27-15-17-28(18-16-27)21-9-11-22(30-4)12-10-21/h5-12H,13-18H2,1-4H3,(H2,25,26,29). The van der Waals surface area contributed by atoms with Gasteiger partial charge in [-0.05, 0) is 47.4 Å². The highest BCUT2D eigenvalue weighted by Crippen LogP contribution is 2.23. The normalized spacial score (nSPS) is 15.0. The van der Waals surface area contributed by atoms with Crippen molar-refractivity contribution in [1.29, 1.82) is 0 Å². The van der Waals surface area contributed by atoms with Gasteiger partial charge >= 0.3 is 6.03 Å². The van der Waals surface area contributed by atoms with Crippen LogP contribution < -0.4 is 20.3 Å². The van der Waals surface area contributed by atoms with E-state index in [1.165, 1.54) is 11.3 Å². The summed E-state index contributed by atoms with van der Waals surface area (Å²) < 4.78 is 5.23. The van der Waals surface area contributed by atoms with Gasteiger partial charge in [0.2, 0.25) is 0 Å². The van der Waals surface area contributed by atoms with E-state index in [1.54, 1.807) is 7.11 Å². The van der Waals surface area contributed by atoms with Crippen LogP contribution in [-0.2, 0) is 5.41 Å². The molecule has 6 nitrogen and oxygen atoms in total. The largest absolute Gasteiger partial charge is 0.497 e. The van der Waals surface area contributed by atoms with Gasteiger partial charge < -0.3 is 20.3 Å². The Morgan fingerprint density at radius 1 is 0.967 bits per heavy atom. The lowest BCUT2D eigenvalue weighted by molar-refractivity contribution is 0.240. The fourth-order valence-electron chi connectivity index (χ4n) is 3.58. The Labute approximate surface area is 180 Å². The maximum Gasteiger partial charge on any atom is 0.319 e. The Hall–Kier alpha value is -2.73. The predicted molar refractivity (Wildman–Crippen MR) is 124 cm³/mol. The summed E-state index contributed by atoms with van der Waals surface area (Å²) in [5, 5.41) is 5.87. The van der Waals surface area contributed by atoms with Crippen LogP contribution in [0.15, 0.2) is 48.5 Å². The van der Waals surface area contributed by atoms with Gasteiger partial charge in [-0.15, -0.1) is 0 Å². The van der Waals surface area contributed by atoms with Crippen LogP contribution in [0.4, 0.5) is 16.2 Å². The number of piperazine rings is 1. The lowest BCUT2D eigenvalue weighted by atomic mass is 9.87. The Morgan fingerprint density at radius 2 is 1.60 bits per heavy atom. The molecule has 1 fully saturated rings. The molecule has 0 spiro atoms. The molecule has 1 aliphatic rings. The number of benzene rings is 2. The summed E-state index contributed by atoms with van der Waals surface area (Å²) in [7, 11) is 1.69. The van der Waals surface area contributed by atoms with E-state index in [9.17, 15) is 4.79 Å². The van der Waals surface area contributed by atoms with Crippen LogP contribution in [0.5, 0.6) is 5.75 Å². The zero-order chi connectivity index (χ0) is 21.6. The molecule has 0 bridgehead atoms. The van der Waals surface area contributed by atoms with Crippen LogP contribution in [0.1, 0.15) is 26.3 Å². The molecule has 0 aliphatic carbocycles. The van der Waals surface area contributed by atoms with Crippen LogP contribution in [-0.4, -0.2) is 57.3 Å². The van der Waals surface area contributed by atoms with E-state index in [0.717, 1.165) is 44.2 Å². The first-order chi connectivity index (χ1) is 14.3. The van der Waals surface area contributed by atoms with E-state index in [4.69, 9.17) is 4.74 Å². The average molecular weight is 411 g/mol. The first kappa shape index (κ1) is 22.0. The fourth-order valence-corrected chi connectivity index (χ4v) is 3.58. The molecule has 0 unspecified atom stereocenters. The van der Waals surface area contributed by atoms with Gasteiger partial charge in [-0.25, -0.2) is 4.79 Å². The first-order valence-corrected chi connectivity index (χ1v) is 10.6. The molecule has 0 atom stereocenters. The minimum Gasteiger partial charge on any atom is -0.497 e. The number of carbonyl (C=O) groups excluding carboxylic acids is 1. The number of nitrogens with one attached hydrogen (secondary N) is 2. The molecular weight excluding hydrogens is 376 g/mol. The molecule has 2 aromatic rings. The number of methoxy groups -OCH3 is 1. The van der Waals surface area contributed by atoms with Crippen LogP contribution in [0.3, 0.4) is 0 Å². The lowest BCUT2D eigenvalue weighted by Gasteiger charge is -2.36. The van der Waals surface area contributed by atoms with Gasteiger partial charge in [0.25, 0.3) is 0 Å². The van der Waals surface area contributed by atoms with Crippen molar-refractivity contribution in [3.63, 3.8) is 0 Å². The van der Waals surface area contributed by atoms with Gasteiger partial charge in [0, 0.05) is 50.6 Å². The van der Waals surface area contributed by atoms with E-state index >= 15 is 0 Å². The summed E-state index contributed by atoms with van der Waals surface area (Å²) in [6.45, 7) is 12.0. The molecule has 30 heavy (non-hydrogen) atoms. The molecule has 2 aromatic carbocycles. The molecule has 2 N–H and O–H groups in total. The van der Waals surface area contributed by atoms with E-state index in [-0.39, 0.29) is 11.4 Å². The molecule has 1 aliphatic heterocycles. The molecule has 162 valence electrons. The van der Waals surface area contributed by atoms with Crippen molar-refractivity contribution >= 4 is 17.4 Å². The van der Waals surface area contributed by atoms with Crippen molar-refractivity contribution in [3.05, 3.63) is 54.1 Å². The van der Waals surface area contributed by atoms with E-state index in [0.29, 0.717) is 6.54 Å². The van der Waals surface area contributed by atoms with Gasteiger partial charge in [0.15, 0.2) is 0 Å². The zero-order valence-electron chi connectivity index (χ0n) is 18.6. The Balaban J connectivity index is 1.36.